The first kappa shape index (κ1) is 26.1. The van der Waals surface area contributed by atoms with Crippen molar-refractivity contribution >= 4 is 22.6 Å². The van der Waals surface area contributed by atoms with Crippen molar-refractivity contribution in [3.8, 4) is 17.0 Å². The summed E-state index contributed by atoms with van der Waals surface area (Å²) in [6.45, 7) is 3.88. The molecule has 3 N–H and O–H groups in total. The number of fused-ring (bicyclic) bond motifs is 1. The summed E-state index contributed by atoms with van der Waals surface area (Å²) >= 11 is 0. The Morgan fingerprint density at radius 3 is 2.73 bits per heavy atom. The number of methoxy groups -OCH3 is 1. The van der Waals surface area contributed by atoms with Crippen LogP contribution in [0.15, 0.2) is 48.9 Å². The third kappa shape index (κ3) is 6.64. The number of hydrogen-bond acceptors (Lipinski definition) is 5. The Morgan fingerprint density at radius 2 is 1.97 bits per heavy atom. The highest BCUT2D eigenvalue weighted by atomic mass is 16.5. The first-order valence-electron chi connectivity index (χ1n) is 12.9. The number of nitrogens with zero attached hydrogens (tertiary/aromatic N) is 2. The fraction of sp³-hybridized carbons (Fsp3) is 0.379. The number of rotatable bonds is 13. The van der Waals surface area contributed by atoms with Crippen molar-refractivity contribution in [3.63, 3.8) is 0 Å². The van der Waals surface area contributed by atoms with Gasteiger partial charge in [-0.2, -0.15) is 0 Å². The SMILES string of the molecule is CCC(=O)CCCCC[C@H](NC(=O)Cc1c(C)[nH]c2ccc(OC)cc12)c1ncc(-c2cccnc2)[nH]1. The topological polar surface area (TPSA) is 113 Å². The zero-order chi connectivity index (χ0) is 26.2. The number of nitrogens with one attached hydrogen (secondary N) is 3. The molecule has 3 aromatic heterocycles. The smallest absolute Gasteiger partial charge is 0.225 e. The number of aromatic nitrogens is 4. The average molecular weight is 502 g/mol. The van der Waals surface area contributed by atoms with Crippen LogP contribution in [0.3, 0.4) is 0 Å². The molecule has 8 heteroatoms. The van der Waals surface area contributed by atoms with Crippen LogP contribution in [0.2, 0.25) is 0 Å². The number of benzene rings is 1. The Balaban J connectivity index is 1.48. The second-order valence-corrected chi connectivity index (χ2v) is 9.35. The maximum absolute atomic E-state index is 13.3. The average Bonchev–Trinajstić information content (AvgIpc) is 3.53. The van der Waals surface area contributed by atoms with Crippen LogP contribution in [-0.4, -0.2) is 38.7 Å². The molecule has 0 saturated heterocycles. The number of hydrogen-bond donors (Lipinski definition) is 3. The molecule has 0 fully saturated rings. The molecular weight excluding hydrogens is 466 g/mol. The minimum absolute atomic E-state index is 0.0719. The van der Waals surface area contributed by atoms with E-state index in [2.05, 4.69) is 25.3 Å². The van der Waals surface area contributed by atoms with Crippen LogP contribution in [0.4, 0.5) is 0 Å². The molecule has 4 aromatic rings. The minimum Gasteiger partial charge on any atom is -0.497 e. The van der Waals surface area contributed by atoms with Crippen molar-refractivity contribution in [1.29, 1.82) is 0 Å². The van der Waals surface area contributed by atoms with Gasteiger partial charge in [0.2, 0.25) is 5.91 Å². The Morgan fingerprint density at radius 1 is 1.11 bits per heavy atom. The van der Waals surface area contributed by atoms with Crippen molar-refractivity contribution < 1.29 is 14.3 Å². The largest absolute Gasteiger partial charge is 0.497 e. The number of carbonyl (C=O) groups is 2. The van der Waals surface area contributed by atoms with Gasteiger partial charge in [-0.05, 0) is 55.7 Å². The third-order valence-electron chi connectivity index (χ3n) is 6.74. The first-order chi connectivity index (χ1) is 18.0. The van der Waals surface area contributed by atoms with Crippen LogP contribution in [0.25, 0.3) is 22.2 Å². The van der Waals surface area contributed by atoms with Crippen LogP contribution in [0, 0.1) is 6.92 Å². The highest BCUT2D eigenvalue weighted by molar-refractivity contribution is 5.91. The normalized spacial score (nSPS) is 12.0. The molecule has 8 nitrogen and oxygen atoms in total. The second kappa shape index (κ2) is 12.3. The summed E-state index contributed by atoms with van der Waals surface area (Å²) in [5.41, 5.74) is 4.70. The number of pyridine rings is 1. The number of aromatic amines is 2. The van der Waals surface area contributed by atoms with E-state index >= 15 is 0 Å². The molecule has 0 aliphatic carbocycles. The summed E-state index contributed by atoms with van der Waals surface area (Å²) in [5.74, 6) is 1.69. The molecule has 1 amide bonds. The fourth-order valence-corrected chi connectivity index (χ4v) is 4.61. The van der Waals surface area contributed by atoms with E-state index in [0.29, 0.717) is 24.4 Å². The fourth-order valence-electron chi connectivity index (χ4n) is 4.61. The van der Waals surface area contributed by atoms with E-state index in [4.69, 9.17) is 4.74 Å². The van der Waals surface area contributed by atoms with Gasteiger partial charge in [0.1, 0.15) is 17.4 Å². The molecule has 194 valence electrons. The van der Waals surface area contributed by atoms with Crippen LogP contribution in [0.5, 0.6) is 5.75 Å². The van der Waals surface area contributed by atoms with Gasteiger partial charge in [0.15, 0.2) is 0 Å². The van der Waals surface area contributed by atoms with Gasteiger partial charge in [0.25, 0.3) is 0 Å². The van der Waals surface area contributed by atoms with Crippen molar-refractivity contribution in [1.82, 2.24) is 25.3 Å². The predicted octanol–water partition coefficient (Wildman–Crippen LogP) is 5.60. The zero-order valence-electron chi connectivity index (χ0n) is 21.8. The van der Waals surface area contributed by atoms with E-state index in [-0.39, 0.29) is 18.4 Å². The van der Waals surface area contributed by atoms with Crippen molar-refractivity contribution in [2.24, 2.45) is 0 Å². The number of Topliss-reactive ketones (excluding diaryl/α,β-unsaturated/α-hetero) is 1. The maximum atomic E-state index is 13.3. The Bertz CT molecular complexity index is 1340. The number of aryl methyl sites for hydroxylation is 1. The van der Waals surface area contributed by atoms with Gasteiger partial charge in [0.05, 0.1) is 31.5 Å². The molecule has 1 atom stereocenters. The van der Waals surface area contributed by atoms with Crippen molar-refractivity contribution in [2.45, 2.75) is 64.8 Å². The van der Waals surface area contributed by atoms with E-state index in [1.54, 1.807) is 25.7 Å². The number of ketones is 1. The summed E-state index contributed by atoms with van der Waals surface area (Å²) in [4.78, 5) is 40.4. The van der Waals surface area contributed by atoms with Crippen molar-refractivity contribution in [2.75, 3.05) is 7.11 Å². The van der Waals surface area contributed by atoms with Gasteiger partial charge < -0.3 is 20.0 Å². The number of H-pyrrole nitrogens is 2. The first-order valence-corrected chi connectivity index (χ1v) is 12.9. The van der Waals surface area contributed by atoms with E-state index in [0.717, 1.165) is 64.9 Å². The van der Waals surface area contributed by atoms with E-state index in [9.17, 15) is 9.59 Å². The van der Waals surface area contributed by atoms with Gasteiger partial charge in [0, 0.05) is 47.4 Å². The Kier molecular flexibility index (Phi) is 8.72. The molecule has 1 aromatic carbocycles. The summed E-state index contributed by atoms with van der Waals surface area (Å²) < 4.78 is 5.39. The number of ether oxygens (including phenoxy) is 1. The lowest BCUT2D eigenvalue weighted by molar-refractivity contribution is -0.121. The summed E-state index contributed by atoms with van der Waals surface area (Å²) in [5, 5.41) is 4.19. The van der Waals surface area contributed by atoms with Crippen LogP contribution in [0.1, 0.15) is 68.6 Å². The molecule has 0 aliphatic rings. The van der Waals surface area contributed by atoms with Gasteiger partial charge in [-0.1, -0.05) is 19.8 Å². The Labute approximate surface area is 217 Å². The highest BCUT2D eigenvalue weighted by Crippen LogP contribution is 2.28. The molecule has 0 spiro atoms. The van der Waals surface area contributed by atoms with E-state index in [1.165, 1.54) is 0 Å². The molecule has 3 heterocycles. The minimum atomic E-state index is -0.264. The second-order valence-electron chi connectivity index (χ2n) is 9.35. The lowest BCUT2D eigenvalue weighted by Gasteiger charge is -2.17. The van der Waals surface area contributed by atoms with Crippen LogP contribution in [-0.2, 0) is 16.0 Å². The van der Waals surface area contributed by atoms with E-state index < -0.39 is 0 Å². The molecule has 0 aliphatic heterocycles. The molecule has 0 bridgehead atoms. The quantitative estimate of drug-likeness (QED) is 0.206. The van der Waals surface area contributed by atoms with E-state index in [1.807, 2.05) is 44.2 Å². The Hall–Kier alpha value is -3.94. The standard InChI is InChI=1S/C29H35N5O3/c1-4-21(35)10-6-5-7-11-26(29-31-18-27(34-29)20-9-8-14-30-17-20)33-28(36)16-23-19(2)32-25-13-12-22(37-3)15-24(23)25/h8-9,12-15,17-18,26,32H,4-7,10-11,16H2,1-3H3,(H,31,34)(H,33,36)/t26-/m0/s1. The highest BCUT2D eigenvalue weighted by Gasteiger charge is 2.20. The zero-order valence-corrected chi connectivity index (χ0v) is 21.8. The van der Waals surface area contributed by atoms with Crippen LogP contribution >= 0.6 is 0 Å². The number of imidazole rings is 1. The summed E-state index contributed by atoms with van der Waals surface area (Å²) in [6.07, 6.45) is 10.1. The number of carbonyl (C=O) groups excluding carboxylic acids is 2. The maximum Gasteiger partial charge on any atom is 0.225 e. The molecule has 4 rings (SSSR count). The molecule has 0 unspecified atom stereocenters. The van der Waals surface area contributed by atoms with Crippen molar-refractivity contribution in [3.05, 3.63) is 66.0 Å². The molecule has 37 heavy (non-hydrogen) atoms. The van der Waals surface area contributed by atoms with Crippen LogP contribution < -0.4 is 10.1 Å². The monoisotopic (exact) mass is 501 g/mol. The van der Waals surface area contributed by atoms with Gasteiger partial charge in [-0.3, -0.25) is 14.6 Å². The number of amides is 1. The lowest BCUT2D eigenvalue weighted by atomic mass is 10.0. The van der Waals surface area contributed by atoms with Gasteiger partial charge in [-0.15, -0.1) is 0 Å². The van der Waals surface area contributed by atoms with Gasteiger partial charge in [-0.25, -0.2) is 4.98 Å². The molecular formula is C29H35N5O3. The molecule has 0 saturated carbocycles. The predicted molar refractivity (Wildman–Crippen MR) is 144 cm³/mol. The molecule has 0 radical (unpaired) electrons. The lowest BCUT2D eigenvalue weighted by Crippen LogP contribution is -2.30. The summed E-state index contributed by atoms with van der Waals surface area (Å²) in [7, 11) is 1.64. The number of unbranched alkanes of at least 4 members (excludes halogenated alkanes) is 2. The summed E-state index contributed by atoms with van der Waals surface area (Å²) in [6, 6.07) is 9.42. The van der Waals surface area contributed by atoms with Gasteiger partial charge >= 0.3 is 0 Å². The third-order valence-corrected chi connectivity index (χ3v) is 6.74.